The second kappa shape index (κ2) is 6.06. The van der Waals surface area contributed by atoms with Crippen LogP contribution >= 0.6 is 0 Å². The highest BCUT2D eigenvalue weighted by atomic mass is 19.4. The lowest BCUT2D eigenvalue weighted by atomic mass is 9.56. The molecule has 3 rings (SSSR count). The topological polar surface area (TPSA) is 38.8 Å². The van der Waals surface area contributed by atoms with Crippen LogP contribution in [0.3, 0.4) is 0 Å². The van der Waals surface area contributed by atoms with Crippen LogP contribution in [0.5, 0.6) is 5.75 Å². The van der Waals surface area contributed by atoms with Gasteiger partial charge in [-0.2, -0.15) is 0 Å². The quantitative estimate of drug-likeness (QED) is 0.703. The lowest BCUT2D eigenvalue weighted by Gasteiger charge is -2.62. The highest BCUT2D eigenvalue weighted by molar-refractivity contribution is 5.71. The first-order chi connectivity index (χ1) is 11.9. The molecule has 1 saturated carbocycles. The predicted octanol–water partition coefficient (Wildman–Crippen LogP) is 5.36. The summed E-state index contributed by atoms with van der Waals surface area (Å²) in [6.45, 7) is 7.52. The number of likely N-dealkylation sites (tertiary alicyclic amines) is 1. The zero-order valence-corrected chi connectivity index (χ0v) is 15.4. The summed E-state index contributed by atoms with van der Waals surface area (Å²) in [6, 6.07) is 4.51. The molecule has 1 amide bonds. The number of alkyl halides is 3. The molecule has 2 fully saturated rings. The minimum absolute atomic E-state index is 0.0539. The van der Waals surface area contributed by atoms with Crippen molar-refractivity contribution in [2.45, 2.75) is 65.0 Å². The summed E-state index contributed by atoms with van der Waals surface area (Å²) in [5.74, 6) is -0.222. The average molecular weight is 371 g/mol. The number of hydrogen-bond donors (Lipinski definition) is 0. The summed E-state index contributed by atoms with van der Waals surface area (Å²) >= 11 is 0. The van der Waals surface area contributed by atoms with Crippen LogP contribution < -0.4 is 4.74 Å². The van der Waals surface area contributed by atoms with E-state index < -0.39 is 18.1 Å². The number of benzene rings is 1. The summed E-state index contributed by atoms with van der Waals surface area (Å²) in [6.07, 6.45) is -2.20. The van der Waals surface area contributed by atoms with Gasteiger partial charge in [-0.25, -0.2) is 4.79 Å². The first-order valence-corrected chi connectivity index (χ1v) is 8.76. The number of nitrogens with zero attached hydrogens (tertiary/aromatic N) is 1. The lowest BCUT2D eigenvalue weighted by molar-refractivity contribution is -0.274. The lowest BCUT2D eigenvalue weighted by Crippen LogP contribution is -2.63. The zero-order chi connectivity index (χ0) is 19.3. The molecule has 1 unspecified atom stereocenters. The van der Waals surface area contributed by atoms with E-state index >= 15 is 0 Å². The van der Waals surface area contributed by atoms with Crippen molar-refractivity contribution in [1.82, 2.24) is 4.90 Å². The molecule has 7 heteroatoms. The van der Waals surface area contributed by atoms with Crippen molar-refractivity contribution in [3.63, 3.8) is 0 Å². The smallest absolute Gasteiger partial charge is 0.444 e. The van der Waals surface area contributed by atoms with Gasteiger partial charge in [-0.1, -0.05) is 18.6 Å². The summed E-state index contributed by atoms with van der Waals surface area (Å²) in [5, 5.41) is 0. The Morgan fingerprint density at radius 3 is 2.38 bits per heavy atom. The van der Waals surface area contributed by atoms with Gasteiger partial charge in [0.25, 0.3) is 0 Å². The maximum Gasteiger partial charge on any atom is 0.573 e. The van der Waals surface area contributed by atoms with Gasteiger partial charge in [-0.3, -0.25) is 4.90 Å². The fourth-order valence-corrected chi connectivity index (χ4v) is 3.84. The van der Waals surface area contributed by atoms with Crippen LogP contribution in [-0.2, 0) is 4.74 Å². The number of carbonyl (C=O) groups excluding carboxylic acids is 1. The van der Waals surface area contributed by atoms with Gasteiger partial charge < -0.3 is 9.47 Å². The molecule has 1 aromatic rings. The van der Waals surface area contributed by atoms with Crippen LogP contribution in [0.2, 0.25) is 0 Å². The van der Waals surface area contributed by atoms with Crippen LogP contribution in [0, 0.1) is 12.3 Å². The highest BCUT2D eigenvalue weighted by Gasteiger charge is 2.58. The van der Waals surface area contributed by atoms with Gasteiger partial charge in [0.15, 0.2) is 0 Å². The second-order valence-electron chi connectivity index (χ2n) is 8.30. The molecule has 4 nitrogen and oxygen atoms in total. The number of hydrogen-bond acceptors (Lipinski definition) is 3. The van der Waals surface area contributed by atoms with Gasteiger partial charge in [0.1, 0.15) is 11.4 Å². The SMILES string of the molecule is Cc1ccc(C2N(C(=O)OC(C)(C)C)CC23CCC3)cc1OC(F)(F)F. The Labute approximate surface area is 151 Å². The molecule has 0 N–H and O–H groups in total. The molecule has 1 saturated heterocycles. The van der Waals surface area contributed by atoms with Crippen LogP contribution in [-0.4, -0.2) is 29.5 Å². The average Bonchev–Trinajstić information content (AvgIpc) is 2.36. The first kappa shape index (κ1) is 18.9. The number of carbonyl (C=O) groups is 1. The highest BCUT2D eigenvalue weighted by Crippen LogP contribution is 2.61. The molecule has 2 aliphatic rings. The number of amides is 1. The van der Waals surface area contributed by atoms with Gasteiger partial charge in [0.05, 0.1) is 6.04 Å². The third-order valence-electron chi connectivity index (χ3n) is 5.11. The van der Waals surface area contributed by atoms with Crippen LogP contribution in [0.15, 0.2) is 18.2 Å². The van der Waals surface area contributed by atoms with Crippen molar-refractivity contribution in [3.05, 3.63) is 29.3 Å². The molecular weight excluding hydrogens is 347 g/mol. The van der Waals surface area contributed by atoms with Gasteiger partial charge >= 0.3 is 12.5 Å². The Kier molecular flexibility index (Phi) is 4.40. The molecule has 1 spiro atoms. The Bertz CT molecular complexity index is 705. The first-order valence-electron chi connectivity index (χ1n) is 8.76. The van der Waals surface area contributed by atoms with Gasteiger partial charge in [-0.05, 0) is 57.7 Å². The number of halogens is 3. The molecular formula is C19H24F3NO3. The van der Waals surface area contributed by atoms with E-state index in [-0.39, 0.29) is 17.2 Å². The Balaban J connectivity index is 1.89. The Hall–Kier alpha value is -1.92. The van der Waals surface area contributed by atoms with E-state index in [1.54, 1.807) is 44.7 Å². The maximum absolute atomic E-state index is 12.7. The summed E-state index contributed by atoms with van der Waals surface area (Å²) in [4.78, 5) is 14.1. The molecule has 0 aromatic heterocycles. The van der Waals surface area contributed by atoms with Gasteiger partial charge in [0, 0.05) is 12.0 Å². The van der Waals surface area contributed by atoms with E-state index in [9.17, 15) is 18.0 Å². The van der Waals surface area contributed by atoms with Crippen LogP contribution in [0.4, 0.5) is 18.0 Å². The number of rotatable bonds is 2. The minimum Gasteiger partial charge on any atom is -0.444 e. The maximum atomic E-state index is 12.7. The van der Waals surface area contributed by atoms with E-state index in [4.69, 9.17) is 4.74 Å². The summed E-state index contributed by atoms with van der Waals surface area (Å²) in [7, 11) is 0. The van der Waals surface area contributed by atoms with E-state index in [1.807, 2.05) is 0 Å². The van der Waals surface area contributed by atoms with E-state index in [0.717, 1.165) is 19.3 Å². The summed E-state index contributed by atoms with van der Waals surface area (Å²) < 4.78 is 47.6. The molecule has 0 radical (unpaired) electrons. The molecule has 144 valence electrons. The summed E-state index contributed by atoms with van der Waals surface area (Å²) in [5.41, 5.74) is 0.382. The fourth-order valence-electron chi connectivity index (χ4n) is 3.84. The Morgan fingerprint density at radius 1 is 1.23 bits per heavy atom. The van der Waals surface area contributed by atoms with Crippen molar-refractivity contribution in [2.75, 3.05) is 6.54 Å². The molecule has 1 heterocycles. The van der Waals surface area contributed by atoms with Crippen molar-refractivity contribution in [2.24, 2.45) is 5.41 Å². The third-order valence-corrected chi connectivity index (χ3v) is 5.11. The molecule has 0 bridgehead atoms. The van der Waals surface area contributed by atoms with Crippen LogP contribution in [0.1, 0.15) is 57.2 Å². The third kappa shape index (κ3) is 3.62. The second-order valence-corrected chi connectivity index (χ2v) is 8.30. The van der Waals surface area contributed by atoms with E-state index in [2.05, 4.69) is 4.74 Å². The molecule has 26 heavy (non-hydrogen) atoms. The fraction of sp³-hybridized carbons (Fsp3) is 0.632. The van der Waals surface area contributed by atoms with Crippen molar-refractivity contribution in [1.29, 1.82) is 0 Å². The van der Waals surface area contributed by atoms with Crippen molar-refractivity contribution >= 4 is 6.09 Å². The van der Waals surface area contributed by atoms with Crippen molar-refractivity contribution < 1.29 is 27.4 Å². The molecule has 1 atom stereocenters. The monoisotopic (exact) mass is 371 g/mol. The standard InChI is InChI=1S/C19H24F3NO3/c1-12-6-7-13(10-14(12)25-19(20,21)22)15-18(8-5-9-18)11-23(15)16(24)26-17(2,3)4/h6-7,10,15H,5,8-9,11H2,1-4H3. The zero-order valence-electron chi connectivity index (χ0n) is 15.4. The van der Waals surface area contributed by atoms with E-state index in [1.165, 1.54) is 6.07 Å². The molecule has 1 aliphatic heterocycles. The van der Waals surface area contributed by atoms with Gasteiger partial charge in [0.2, 0.25) is 0 Å². The minimum atomic E-state index is -4.75. The van der Waals surface area contributed by atoms with Crippen LogP contribution in [0.25, 0.3) is 0 Å². The number of ether oxygens (including phenoxy) is 2. The Morgan fingerprint density at radius 2 is 1.88 bits per heavy atom. The van der Waals surface area contributed by atoms with Gasteiger partial charge in [-0.15, -0.1) is 13.2 Å². The van der Waals surface area contributed by atoms with E-state index in [0.29, 0.717) is 17.7 Å². The predicted molar refractivity (Wildman–Crippen MR) is 89.8 cm³/mol. The van der Waals surface area contributed by atoms with Crippen molar-refractivity contribution in [3.8, 4) is 5.75 Å². The molecule has 1 aromatic carbocycles. The largest absolute Gasteiger partial charge is 0.573 e. The molecule has 1 aliphatic carbocycles. The normalized spacial score (nSPS) is 21.8. The number of aryl methyl sites for hydroxylation is 1.